The van der Waals surface area contributed by atoms with E-state index in [1.54, 1.807) is 32.9 Å². The summed E-state index contributed by atoms with van der Waals surface area (Å²) in [5.74, 6) is -0.0187. The number of carbonyl (C=O) groups is 1. The Hall–Kier alpha value is -1.95. The van der Waals surface area contributed by atoms with Gasteiger partial charge in [-0.25, -0.2) is 4.39 Å². The molecule has 1 heterocycles. The molecule has 0 amide bonds. The first-order valence-electron chi connectivity index (χ1n) is 7.66. The van der Waals surface area contributed by atoms with Gasteiger partial charge < -0.3 is 14.6 Å². The minimum Gasteiger partial charge on any atom is -0.490 e. The highest BCUT2D eigenvalue weighted by atomic mass is 19.1. The maximum absolute atomic E-state index is 14.7. The second kappa shape index (κ2) is 6.66. The van der Waals surface area contributed by atoms with E-state index in [1.165, 1.54) is 0 Å². The third-order valence-corrected chi connectivity index (χ3v) is 3.78. The van der Waals surface area contributed by atoms with E-state index in [2.05, 4.69) is 10.5 Å². The van der Waals surface area contributed by atoms with Gasteiger partial charge in [0.2, 0.25) is 0 Å². The van der Waals surface area contributed by atoms with Gasteiger partial charge in [-0.15, -0.1) is 0 Å². The van der Waals surface area contributed by atoms with Crippen molar-refractivity contribution in [1.82, 2.24) is 5.43 Å². The minimum atomic E-state index is -0.989. The van der Waals surface area contributed by atoms with Crippen LogP contribution in [0.4, 0.5) is 4.39 Å². The Bertz CT molecular complexity index is 623. The summed E-state index contributed by atoms with van der Waals surface area (Å²) in [6.45, 7) is 6.88. The molecule has 2 N–H and O–H groups in total. The van der Waals surface area contributed by atoms with Gasteiger partial charge in [0.25, 0.3) is 0 Å². The van der Waals surface area contributed by atoms with Crippen molar-refractivity contribution in [1.29, 1.82) is 0 Å². The van der Waals surface area contributed by atoms with E-state index >= 15 is 0 Å². The molecule has 1 aliphatic rings. The number of benzene rings is 1. The summed E-state index contributed by atoms with van der Waals surface area (Å²) in [6, 6.07) is 2.98. The lowest BCUT2D eigenvalue weighted by atomic mass is 9.90. The molecule has 0 spiro atoms. The van der Waals surface area contributed by atoms with Gasteiger partial charge in [0, 0.05) is 17.0 Å². The molecule has 6 heteroatoms. The number of ether oxygens (including phenoxy) is 1. The Balaban J connectivity index is 2.27. The highest BCUT2D eigenvalue weighted by molar-refractivity contribution is 6.03. The second-order valence-corrected chi connectivity index (χ2v) is 6.66. The molecule has 0 bridgehead atoms. The maximum Gasteiger partial charge on any atom is 0.143 e. The number of aldehydes is 1. The fourth-order valence-electron chi connectivity index (χ4n) is 2.50. The van der Waals surface area contributed by atoms with Crippen LogP contribution in [0.25, 0.3) is 0 Å². The molecule has 2 unspecified atom stereocenters. The zero-order valence-electron chi connectivity index (χ0n) is 13.9. The van der Waals surface area contributed by atoms with E-state index < -0.39 is 11.4 Å². The SMILES string of the molecule is Cc1c(OCC(C)(C)O)ccc(C2=NNC(C=O)CC2C)c1F. The van der Waals surface area contributed by atoms with E-state index in [0.29, 0.717) is 29.0 Å². The first-order chi connectivity index (χ1) is 10.7. The van der Waals surface area contributed by atoms with Crippen LogP contribution in [0.3, 0.4) is 0 Å². The number of halogens is 1. The van der Waals surface area contributed by atoms with Crippen molar-refractivity contribution in [2.24, 2.45) is 11.0 Å². The zero-order valence-corrected chi connectivity index (χ0v) is 13.9. The maximum atomic E-state index is 14.7. The smallest absolute Gasteiger partial charge is 0.143 e. The number of rotatable bonds is 5. The van der Waals surface area contributed by atoms with Crippen molar-refractivity contribution in [2.75, 3.05) is 6.61 Å². The molecular formula is C17H23FN2O3. The van der Waals surface area contributed by atoms with E-state index in [0.717, 1.165) is 6.29 Å². The van der Waals surface area contributed by atoms with Crippen molar-refractivity contribution < 1.29 is 19.0 Å². The minimum absolute atomic E-state index is 0.0245. The quantitative estimate of drug-likeness (QED) is 0.815. The first kappa shape index (κ1) is 17.4. The molecule has 0 aliphatic carbocycles. The summed E-state index contributed by atoms with van der Waals surface area (Å²) in [4.78, 5) is 10.8. The lowest BCUT2D eigenvalue weighted by molar-refractivity contribution is -0.109. The van der Waals surface area contributed by atoms with Crippen molar-refractivity contribution in [3.8, 4) is 5.75 Å². The number of carbonyl (C=O) groups excluding carboxylic acids is 1. The van der Waals surface area contributed by atoms with Crippen LogP contribution in [-0.4, -0.2) is 35.4 Å². The molecule has 1 aromatic rings. The second-order valence-electron chi connectivity index (χ2n) is 6.66. The number of aliphatic hydroxyl groups is 1. The van der Waals surface area contributed by atoms with Crippen LogP contribution in [0, 0.1) is 18.7 Å². The lowest BCUT2D eigenvalue weighted by Gasteiger charge is -2.25. The van der Waals surface area contributed by atoms with E-state index in [9.17, 15) is 14.3 Å². The number of hydrazone groups is 1. The number of nitrogens with one attached hydrogen (secondary N) is 1. The van der Waals surface area contributed by atoms with Crippen molar-refractivity contribution >= 4 is 12.0 Å². The Morgan fingerprint density at radius 3 is 2.78 bits per heavy atom. The van der Waals surface area contributed by atoms with Gasteiger partial charge in [-0.05, 0) is 39.3 Å². The third-order valence-electron chi connectivity index (χ3n) is 3.78. The Morgan fingerprint density at radius 1 is 1.52 bits per heavy atom. The molecule has 1 aromatic carbocycles. The van der Waals surface area contributed by atoms with Gasteiger partial charge in [0.15, 0.2) is 0 Å². The van der Waals surface area contributed by atoms with Crippen molar-refractivity contribution in [3.05, 3.63) is 29.1 Å². The first-order valence-corrected chi connectivity index (χ1v) is 7.66. The average molecular weight is 322 g/mol. The zero-order chi connectivity index (χ0) is 17.2. The molecule has 23 heavy (non-hydrogen) atoms. The summed E-state index contributed by atoms with van der Waals surface area (Å²) in [6.07, 6.45) is 1.39. The fourth-order valence-corrected chi connectivity index (χ4v) is 2.50. The van der Waals surface area contributed by atoms with Gasteiger partial charge in [-0.3, -0.25) is 5.43 Å². The van der Waals surface area contributed by atoms with Crippen LogP contribution < -0.4 is 10.2 Å². The Morgan fingerprint density at radius 2 is 2.22 bits per heavy atom. The highest BCUT2D eigenvalue weighted by Gasteiger charge is 2.26. The Kier molecular flexibility index (Phi) is 5.04. The van der Waals surface area contributed by atoms with E-state index in [1.807, 2.05) is 6.92 Å². The molecule has 0 saturated heterocycles. The van der Waals surface area contributed by atoms with Gasteiger partial charge in [-0.2, -0.15) is 5.10 Å². The molecule has 0 aromatic heterocycles. The molecule has 2 atom stereocenters. The molecule has 1 aliphatic heterocycles. The largest absolute Gasteiger partial charge is 0.490 e. The van der Waals surface area contributed by atoms with Gasteiger partial charge in [-0.1, -0.05) is 6.92 Å². The van der Waals surface area contributed by atoms with Crippen LogP contribution in [0.5, 0.6) is 5.75 Å². The van der Waals surface area contributed by atoms with E-state index in [-0.39, 0.29) is 18.6 Å². The summed E-state index contributed by atoms with van der Waals surface area (Å²) in [5.41, 5.74) is 3.13. The number of hydrogen-bond acceptors (Lipinski definition) is 5. The van der Waals surface area contributed by atoms with Crippen LogP contribution in [0.1, 0.15) is 38.3 Å². The average Bonchev–Trinajstić information content (AvgIpc) is 2.48. The molecule has 0 fully saturated rings. The third kappa shape index (κ3) is 4.07. The topological polar surface area (TPSA) is 70.9 Å². The standard InChI is InChI=1S/C17H23FN2O3/c1-10-7-12(8-21)19-20-16(10)13-5-6-14(11(2)15(13)18)23-9-17(3,4)22/h5-6,8,10,12,19,22H,7,9H2,1-4H3. The fraction of sp³-hybridized carbons (Fsp3) is 0.529. The van der Waals surface area contributed by atoms with Gasteiger partial charge >= 0.3 is 0 Å². The van der Waals surface area contributed by atoms with Crippen LogP contribution in [0.15, 0.2) is 17.2 Å². The molecule has 126 valence electrons. The summed E-state index contributed by atoms with van der Waals surface area (Å²) in [5, 5.41) is 13.9. The van der Waals surface area contributed by atoms with Gasteiger partial charge in [0.1, 0.15) is 24.5 Å². The molecule has 5 nitrogen and oxygen atoms in total. The number of nitrogens with zero attached hydrogens (tertiary/aromatic N) is 1. The molecular weight excluding hydrogens is 299 g/mol. The molecule has 2 rings (SSSR count). The van der Waals surface area contributed by atoms with Crippen LogP contribution in [-0.2, 0) is 4.79 Å². The lowest BCUT2D eigenvalue weighted by Crippen LogP contribution is -2.37. The monoisotopic (exact) mass is 322 g/mol. The van der Waals surface area contributed by atoms with Crippen molar-refractivity contribution in [3.63, 3.8) is 0 Å². The summed E-state index contributed by atoms with van der Waals surface area (Å²) in [7, 11) is 0. The van der Waals surface area contributed by atoms with E-state index in [4.69, 9.17) is 4.74 Å². The Labute approximate surface area is 135 Å². The predicted molar refractivity (Wildman–Crippen MR) is 86.2 cm³/mol. The van der Waals surface area contributed by atoms with Crippen molar-refractivity contribution in [2.45, 2.75) is 45.8 Å². The van der Waals surface area contributed by atoms with Crippen LogP contribution in [0.2, 0.25) is 0 Å². The van der Waals surface area contributed by atoms with Crippen LogP contribution >= 0.6 is 0 Å². The molecule has 0 saturated carbocycles. The number of hydrogen-bond donors (Lipinski definition) is 2. The van der Waals surface area contributed by atoms with Gasteiger partial charge in [0.05, 0.1) is 17.4 Å². The summed E-state index contributed by atoms with van der Waals surface area (Å²) < 4.78 is 20.2. The predicted octanol–water partition coefficient (Wildman–Crippen LogP) is 2.18. The summed E-state index contributed by atoms with van der Waals surface area (Å²) >= 11 is 0. The normalized spacial score (nSPS) is 21.4. The highest BCUT2D eigenvalue weighted by Crippen LogP contribution is 2.28. The molecule has 0 radical (unpaired) electrons.